The number of benzene rings is 1. The van der Waals surface area contributed by atoms with Crippen molar-refractivity contribution < 1.29 is 4.98 Å². The zero-order valence-electron chi connectivity index (χ0n) is 10.5. The van der Waals surface area contributed by atoms with Crippen LogP contribution >= 0.6 is 0 Å². The summed E-state index contributed by atoms with van der Waals surface area (Å²) >= 11 is 0. The van der Waals surface area contributed by atoms with E-state index >= 15 is 0 Å². The molecule has 0 aliphatic heterocycles. The molecule has 0 amide bonds. The Morgan fingerprint density at radius 1 is 1.00 bits per heavy atom. The van der Waals surface area contributed by atoms with E-state index in [1.807, 2.05) is 12.4 Å². The lowest BCUT2D eigenvalue weighted by molar-refractivity contribution is -0.377. The molecule has 19 heavy (non-hydrogen) atoms. The van der Waals surface area contributed by atoms with Gasteiger partial charge < -0.3 is 0 Å². The first-order valence-electron chi connectivity index (χ1n) is 6.55. The van der Waals surface area contributed by atoms with Gasteiger partial charge in [0, 0.05) is 28.8 Å². The van der Waals surface area contributed by atoms with Gasteiger partial charge in [0.2, 0.25) is 0 Å². The van der Waals surface area contributed by atoms with E-state index in [4.69, 9.17) is 0 Å². The van der Waals surface area contributed by atoms with E-state index in [9.17, 15) is 0 Å². The Hall–Kier alpha value is -2.42. The van der Waals surface area contributed by atoms with E-state index in [0.29, 0.717) is 0 Å². The molecule has 0 fully saturated rings. The molecule has 3 nitrogen and oxygen atoms in total. The maximum atomic E-state index is 4.53. The number of pyridine rings is 1. The van der Waals surface area contributed by atoms with Crippen molar-refractivity contribution >= 4 is 0 Å². The topological polar surface area (TPSA) is 42.8 Å². The van der Waals surface area contributed by atoms with E-state index in [0.717, 1.165) is 24.1 Å². The standard InChI is InChI=1S/C16H13N3/c1-2-4-13-11(3-1)5-6-14-15(18-19-16(13)14)12-7-9-17-10-8-12/h1-4,7-10H,5-6H2,(H,18,19)/p+1. The highest BCUT2D eigenvalue weighted by Gasteiger charge is 2.22. The average Bonchev–Trinajstić information content (AvgIpc) is 2.92. The zero-order valence-corrected chi connectivity index (χ0v) is 10.5. The van der Waals surface area contributed by atoms with Crippen LogP contribution in [0.25, 0.3) is 22.5 Å². The molecule has 1 aromatic carbocycles. The summed E-state index contributed by atoms with van der Waals surface area (Å²) in [5.74, 6) is 0. The Morgan fingerprint density at radius 3 is 2.74 bits per heavy atom. The van der Waals surface area contributed by atoms with E-state index in [1.54, 1.807) is 0 Å². The third kappa shape index (κ3) is 1.58. The number of hydrogen-bond donors (Lipinski definition) is 1. The van der Waals surface area contributed by atoms with Crippen LogP contribution < -0.4 is 4.98 Å². The van der Waals surface area contributed by atoms with Gasteiger partial charge in [-0.25, -0.2) is 4.98 Å². The van der Waals surface area contributed by atoms with Crippen molar-refractivity contribution in [1.82, 2.24) is 10.2 Å². The van der Waals surface area contributed by atoms with Crippen molar-refractivity contribution in [2.75, 3.05) is 0 Å². The van der Waals surface area contributed by atoms with E-state index in [2.05, 4.69) is 51.6 Å². The van der Waals surface area contributed by atoms with Gasteiger partial charge in [0.25, 0.3) is 0 Å². The Kier molecular flexibility index (Phi) is 2.24. The number of hydrogen-bond acceptors (Lipinski definition) is 1. The molecule has 0 saturated carbocycles. The summed E-state index contributed by atoms with van der Waals surface area (Å²) in [4.78, 5) is 3.05. The third-order valence-electron chi connectivity index (χ3n) is 3.79. The smallest absolute Gasteiger partial charge is 0.167 e. The van der Waals surface area contributed by atoms with Gasteiger partial charge in [-0.3, -0.25) is 5.10 Å². The molecule has 0 bridgehead atoms. The van der Waals surface area contributed by atoms with Crippen LogP contribution in [0.15, 0.2) is 48.8 Å². The second-order valence-electron chi connectivity index (χ2n) is 4.87. The highest BCUT2D eigenvalue weighted by molar-refractivity contribution is 5.77. The van der Waals surface area contributed by atoms with Gasteiger partial charge in [-0.05, 0) is 18.4 Å². The number of nitrogens with one attached hydrogen (secondary N) is 2. The fourth-order valence-electron chi connectivity index (χ4n) is 2.86. The first kappa shape index (κ1) is 10.5. The number of fused-ring (bicyclic) bond motifs is 3. The highest BCUT2D eigenvalue weighted by Crippen LogP contribution is 2.36. The van der Waals surface area contributed by atoms with Crippen LogP contribution in [0.4, 0.5) is 0 Å². The molecule has 2 heterocycles. The molecule has 1 aliphatic rings. The van der Waals surface area contributed by atoms with Crippen molar-refractivity contribution in [2.24, 2.45) is 0 Å². The molecule has 0 radical (unpaired) electrons. The van der Waals surface area contributed by atoms with E-state index < -0.39 is 0 Å². The minimum atomic E-state index is 1.05. The molecular formula is C16H14N3+. The molecule has 0 saturated heterocycles. The Labute approximate surface area is 111 Å². The molecule has 2 N–H and O–H groups in total. The van der Waals surface area contributed by atoms with Gasteiger partial charge in [-0.15, -0.1) is 0 Å². The zero-order chi connectivity index (χ0) is 12.7. The summed E-state index contributed by atoms with van der Waals surface area (Å²) < 4.78 is 0. The summed E-state index contributed by atoms with van der Waals surface area (Å²) in [5, 5.41) is 7.75. The van der Waals surface area contributed by atoms with Crippen LogP contribution in [0.5, 0.6) is 0 Å². The number of aromatic nitrogens is 3. The van der Waals surface area contributed by atoms with Crippen LogP contribution in [-0.4, -0.2) is 10.2 Å². The van der Waals surface area contributed by atoms with Gasteiger partial charge in [-0.2, -0.15) is 5.10 Å². The minimum Gasteiger partial charge on any atom is -0.277 e. The van der Waals surface area contributed by atoms with Gasteiger partial charge in [-0.1, -0.05) is 24.3 Å². The Balaban J connectivity index is 1.91. The van der Waals surface area contributed by atoms with E-state index in [1.165, 1.54) is 22.4 Å². The van der Waals surface area contributed by atoms with Gasteiger partial charge >= 0.3 is 0 Å². The minimum absolute atomic E-state index is 1.05. The predicted molar refractivity (Wildman–Crippen MR) is 73.4 cm³/mol. The average molecular weight is 248 g/mol. The normalized spacial score (nSPS) is 12.8. The molecular weight excluding hydrogens is 234 g/mol. The predicted octanol–water partition coefficient (Wildman–Crippen LogP) is 2.66. The highest BCUT2D eigenvalue weighted by atomic mass is 15.1. The quantitative estimate of drug-likeness (QED) is 0.707. The summed E-state index contributed by atoms with van der Waals surface area (Å²) in [7, 11) is 0. The fraction of sp³-hybridized carbons (Fsp3) is 0.125. The van der Waals surface area contributed by atoms with Crippen LogP contribution in [0.1, 0.15) is 11.1 Å². The van der Waals surface area contributed by atoms with Gasteiger partial charge in [0.1, 0.15) is 0 Å². The molecule has 0 atom stereocenters. The summed E-state index contributed by atoms with van der Waals surface area (Å²) in [5.41, 5.74) is 7.47. The molecule has 92 valence electrons. The number of aryl methyl sites for hydroxylation is 1. The Bertz CT molecular complexity index is 715. The first-order valence-corrected chi connectivity index (χ1v) is 6.55. The van der Waals surface area contributed by atoms with E-state index in [-0.39, 0.29) is 0 Å². The first-order chi connectivity index (χ1) is 9.43. The molecule has 0 unspecified atom stereocenters. The lowest BCUT2D eigenvalue weighted by atomic mass is 9.88. The molecule has 2 aromatic heterocycles. The second-order valence-corrected chi connectivity index (χ2v) is 4.87. The Morgan fingerprint density at radius 2 is 1.84 bits per heavy atom. The summed E-state index contributed by atoms with van der Waals surface area (Å²) in [6.45, 7) is 0. The fourth-order valence-corrected chi connectivity index (χ4v) is 2.86. The van der Waals surface area contributed by atoms with Gasteiger partial charge in [0.15, 0.2) is 12.4 Å². The molecule has 3 aromatic rings. The van der Waals surface area contributed by atoms with Crippen LogP contribution in [-0.2, 0) is 12.8 Å². The van der Waals surface area contributed by atoms with Crippen molar-refractivity contribution in [3.63, 3.8) is 0 Å². The second kappa shape index (κ2) is 4.05. The van der Waals surface area contributed by atoms with Crippen molar-refractivity contribution in [2.45, 2.75) is 12.8 Å². The van der Waals surface area contributed by atoms with Crippen molar-refractivity contribution in [3.8, 4) is 22.5 Å². The van der Waals surface area contributed by atoms with Crippen LogP contribution in [0.2, 0.25) is 0 Å². The van der Waals surface area contributed by atoms with Crippen molar-refractivity contribution in [1.29, 1.82) is 0 Å². The molecule has 4 rings (SSSR count). The molecule has 0 spiro atoms. The lowest BCUT2D eigenvalue weighted by Crippen LogP contribution is -2.03. The largest absolute Gasteiger partial charge is 0.277 e. The summed E-state index contributed by atoms with van der Waals surface area (Å²) in [6.07, 6.45) is 6.02. The summed E-state index contributed by atoms with van der Waals surface area (Å²) in [6, 6.07) is 12.7. The van der Waals surface area contributed by atoms with Crippen LogP contribution in [0.3, 0.4) is 0 Å². The molecule has 3 heteroatoms. The maximum Gasteiger partial charge on any atom is 0.167 e. The van der Waals surface area contributed by atoms with Crippen molar-refractivity contribution in [3.05, 3.63) is 59.9 Å². The van der Waals surface area contributed by atoms with Gasteiger partial charge in [0.05, 0.1) is 11.4 Å². The SMILES string of the molecule is c1ccc2c(c1)CCc1c(-c3cc[nH+]cc3)n[nH]c1-2. The lowest BCUT2D eigenvalue weighted by Gasteiger charge is -2.16. The number of aromatic amines is 2. The molecule has 1 aliphatic carbocycles. The van der Waals surface area contributed by atoms with Crippen LogP contribution in [0, 0.1) is 0 Å². The maximum absolute atomic E-state index is 4.53. The monoisotopic (exact) mass is 248 g/mol. The number of H-pyrrole nitrogens is 2. The number of nitrogens with zero attached hydrogens (tertiary/aromatic N) is 1. The third-order valence-corrected chi connectivity index (χ3v) is 3.79. The number of rotatable bonds is 1.